The van der Waals surface area contributed by atoms with Crippen LogP contribution in [-0.4, -0.2) is 6.61 Å². The summed E-state index contributed by atoms with van der Waals surface area (Å²) < 4.78 is 6.84. The molecule has 2 heterocycles. The molecule has 0 amide bonds. The summed E-state index contributed by atoms with van der Waals surface area (Å²) in [7, 11) is 0. The summed E-state index contributed by atoms with van der Waals surface area (Å²) in [5, 5.41) is 2.14. The van der Waals surface area contributed by atoms with Crippen LogP contribution in [-0.2, 0) is 0 Å². The van der Waals surface area contributed by atoms with Gasteiger partial charge in [0.2, 0.25) is 0 Å². The van der Waals surface area contributed by atoms with Crippen molar-refractivity contribution in [1.82, 2.24) is 0 Å². The Morgan fingerprint density at radius 1 is 1.42 bits per heavy atom. The van der Waals surface area contributed by atoms with Crippen LogP contribution >= 0.6 is 27.3 Å². The van der Waals surface area contributed by atoms with E-state index < -0.39 is 0 Å². The molecule has 2 unspecified atom stereocenters. The molecule has 0 bridgehead atoms. The number of thiophene rings is 1. The van der Waals surface area contributed by atoms with Crippen LogP contribution < -0.4 is 10.5 Å². The van der Waals surface area contributed by atoms with Crippen molar-refractivity contribution in [2.45, 2.75) is 24.8 Å². The summed E-state index contributed by atoms with van der Waals surface area (Å²) in [6.45, 7) is 0.793. The van der Waals surface area contributed by atoms with Gasteiger partial charge in [0.15, 0.2) is 0 Å². The molecule has 2 nitrogen and oxygen atoms in total. The Labute approximate surface area is 125 Å². The summed E-state index contributed by atoms with van der Waals surface area (Å²) in [6.07, 6.45) is 2.03. The van der Waals surface area contributed by atoms with E-state index >= 15 is 0 Å². The van der Waals surface area contributed by atoms with Gasteiger partial charge < -0.3 is 10.5 Å². The second-order valence-electron chi connectivity index (χ2n) is 4.90. The van der Waals surface area contributed by atoms with Crippen LogP contribution in [0.2, 0.25) is 0 Å². The lowest BCUT2D eigenvalue weighted by molar-refractivity contribution is 0.259. The Morgan fingerprint density at radius 2 is 2.26 bits per heavy atom. The molecule has 0 fully saturated rings. The lowest BCUT2D eigenvalue weighted by atomic mass is 9.86. The predicted octanol–water partition coefficient (Wildman–Crippen LogP) is 4.47. The van der Waals surface area contributed by atoms with Crippen LogP contribution in [0.5, 0.6) is 5.75 Å². The second kappa shape index (κ2) is 5.65. The highest BCUT2D eigenvalue weighted by Crippen LogP contribution is 2.39. The predicted molar refractivity (Wildman–Crippen MR) is 82.9 cm³/mol. The normalized spacial score (nSPS) is 19.6. The largest absolute Gasteiger partial charge is 0.493 e. The number of hydrogen-bond acceptors (Lipinski definition) is 3. The van der Waals surface area contributed by atoms with Gasteiger partial charge >= 0.3 is 0 Å². The zero-order valence-corrected chi connectivity index (χ0v) is 12.9. The Bertz CT molecular complexity index is 569. The maximum atomic E-state index is 6.34. The van der Waals surface area contributed by atoms with Gasteiger partial charge in [0.05, 0.1) is 10.4 Å². The summed E-state index contributed by atoms with van der Waals surface area (Å²) in [5.74, 6) is 1.52. The Morgan fingerprint density at radius 3 is 3.05 bits per heavy atom. The highest BCUT2D eigenvalue weighted by Gasteiger charge is 2.23. The van der Waals surface area contributed by atoms with Crippen LogP contribution in [0.3, 0.4) is 0 Å². The maximum absolute atomic E-state index is 6.34. The Kier molecular flexibility index (Phi) is 3.91. The standard InChI is InChI=1S/C15H16BrNOS/c16-15-8-11(9-19-15)13(17)7-10-5-6-18-14-4-2-1-3-12(10)14/h1-4,8-10,13H,5-7,17H2. The third-order valence-electron chi connectivity index (χ3n) is 3.64. The van der Waals surface area contributed by atoms with Crippen molar-refractivity contribution < 1.29 is 4.74 Å². The van der Waals surface area contributed by atoms with Crippen LogP contribution in [0.25, 0.3) is 0 Å². The summed E-state index contributed by atoms with van der Waals surface area (Å²) in [4.78, 5) is 0. The summed E-state index contributed by atoms with van der Waals surface area (Å²) >= 11 is 5.19. The van der Waals surface area contributed by atoms with E-state index in [9.17, 15) is 0 Å². The number of halogens is 1. The van der Waals surface area contributed by atoms with E-state index in [0.717, 1.165) is 29.0 Å². The number of benzene rings is 1. The third kappa shape index (κ3) is 2.86. The fraction of sp³-hybridized carbons (Fsp3) is 0.333. The third-order valence-corrected chi connectivity index (χ3v) is 5.16. The molecule has 0 saturated heterocycles. The molecule has 100 valence electrons. The minimum atomic E-state index is 0.0960. The minimum absolute atomic E-state index is 0.0960. The molecule has 19 heavy (non-hydrogen) atoms. The number of ether oxygens (including phenoxy) is 1. The van der Waals surface area contributed by atoms with Crippen molar-refractivity contribution in [3.05, 3.63) is 50.6 Å². The van der Waals surface area contributed by atoms with Crippen molar-refractivity contribution in [3.63, 3.8) is 0 Å². The number of para-hydroxylation sites is 1. The molecule has 2 aromatic rings. The van der Waals surface area contributed by atoms with Crippen molar-refractivity contribution in [2.24, 2.45) is 5.73 Å². The summed E-state index contributed by atoms with van der Waals surface area (Å²) in [5.41, 5.74) is 8.87. The van der Waals surface area contributed by atoms with E-state index in [0.29, 0.717) is 5.92 Å². The molecule has 1 aromatic heterocycles. The van der Waals surface area contributed by atoms with E-state index in [1.807, 2.05) is 12.1 Å². The van der Waals surface area contributed by atoms with Crippen molar-refractivity contribution in [3.8, 4) is 5.75 Å². The molecule has 0 spiro atoms. The number of fused-ring (bicyclic) bond motifs is 1. The fourth-order valence-electron chi connectivity index (χ4n) is 2.62. The van der Waals surface area contributed by atoms with Gasteiger partial charge in [-0.1, -0.05) is 18.2 Å². The smallest absolute Gasteiger partial charge is 0.122 e. The lowest BCUT2D eigenvalue weighted by Crippen LogP contribution is -2.19. The molecule has 2 atom stereocenters. The van der Waals surface area contributed by atoms with Gasteiger partial charge in [-0.15, -0.1) is 11.3 Å². The van der Waals surface area contributed by atoms with E-state index in [4.69, 9.17) is 10.5 Å². The van der Waals surface area contributed by atoms with Crippen molar-refractivity contribution in [1.29, 1.82) is 0 Å². The van der Waals surface area contributed by atoms with Gasteiger partial charge in [-0.2, -0.15) is 0 Å². The van der Waals surface area contributed by atoms with Gasteiger partial charge in [-0.25, -0.2) is 0 Å². The zero-order chi connectivity index (χ0) is 13.2. The van der Waals surface area contributed by atoms with Crippen LogP contribution in [0, 0.1) is 0 Å². The molecular weight excluding hydrogens is 322 g/mol. The SMILES string of the molecule is NC(CC1CCOc2ccccc21)c1csc(Br)c1. The second-order valence-corrected chi connectivity index (χ2v) is 7.19. The molecule has 3 rings (SSSR count). The highest BCUT2D eigenvalue weighted by molar-refractivity contribution is 9.11. The Hall–Kier alpha value is -0.840. The molecule has 1 aliphatic rings. The maximum Gasteiger partial charge on any atom is 0.122 e. The van der Waals surface area contributed by atoms with Gasteiger partial charge in [0.25, 0.3) is 0 Å². The van der Waals surface area contributed by atoms with E-state index in [-0.39, 0.29) is 6.04 Å². The minimum Gasteiger partial charge on any atom is -0.493 e. The van der Waals surface area contributed by atoms with Gasteiger partial charge in [0.1, 0.15) is 5.75 Å². The number of hydrogen-bond donors (Lipinski definition) is 1. The van der Waals surface area contributed by atoms with E-state index in [1.165, 1.54) is 11.1 Å². The molecular formula is C15H16BrNOS. The first-order valence-electron chi connectivity index (χ1n) is 6.45. The lowest BCUT2D eigenvalue weighted by Gasteiger charge is -2.27. The zero-order valence-electron chi connectivity index (χ0n) is 10.5. The average molecular weight is 338 g/mol. The Balaban J connectivity index is 1.77. The number of rotatable bonds is 3. The van der Waals surface area contributed by atoms with Crippen molar-refractivity contribution >= 4 is 27.3 Å². The molecule has 1 aromatic carbocycles. The highest BCUT2D eigenvalue weighted by atomic mass is 79.9. The van der Waals surface area contributed by atoms with Crippen molar-refractivity contribution in [2.75, 3.05) is 6.61 Å². The van der Waals surface area contributed by atoms with Crippen LogP contribution in [0.15, 0.2) is 39.5 Å². The topological polar surface area (TPSA) is 35.2 Å². The molecule has 4 heteroatoms. The molecule has 0 saturated carbocycles. The first kappa shape index (κ1) is 13.2. The van der Waals surface area contributed by atoms with Crippen LogP contribution in [0.4, 0.5) is 0 Å². The quantitative estimate of drug-likeness (QED) is 0.896. The summed E-state index contributed by atoms with van der Waals surface area (Å²) in [6, 6.07) is 10.5. The average Bonchev–Trinajstić information content (AvgIpc) is 2.86. The molecule has 0 aliphatic carbocycles. The van der Waals surface area contributed by atoms with Gasteiger partial charge in [-0.05, 0) is 63.3 Å². The molecule has 2 N–H and O–H groups in total. The fourth-order valence-corrected chi connectivity index (χ4v) is 3.86. The first-order valence-corrected chi connectivity index (χ1v) is 8.12. The number of nitrogens with two attached hydrogens (primary N) is 1. The molecule has 0 radical (unpaired) electrons. The monoisotopic (exact) mass is 337 g/mol. The van der Waals surface area contributed by atoms with E-state index in [1.54, 1.807) is 11.3 Å². The molecule has 1 aliphatic heterocycles. The van der Waals surface area contributed by atoms with Gasteiger partial charge in [-0.3, -0.25) is 0 Å². The first-order chi connectivity index (χ1) is 9.24. The van der Waals surface area contributed by atoms with E-state index in [2.05, 4.69) is 39.5 Å². The van der Waals surface area contributed by atoms with Crippen LogP contribution in [0.1, 0.15) is 35.9 Å². The van der Waals surface area contributed by atoms with Gasteiger partial charge in [0, 0.05) is 6.04 Å².